The van der Waals surface area contributed by atoms with E-state index in [1.807, 2.05) is 7.05 Å². The summed E-state index contributed by atoms with van der Waals surface area (Å²) in [5.41, 5.74) is 6.63. The molecular formula is C22H34N2O2. The zero-order valence-corrected chi connectivity index (χ0v) is 16.8. The molecule has 0 aromatic heterocycles. The topological polar surface area (TPSA) is 50.7 Å². The van der Waals surface area contributed by atoms with Crippen molar-refractivity contribution in [2.75, 3.05) is 7.05 Å². The molecule has 0 aromatic rings. The number of carbonyl (C=O) groups is 1. The predicted octanol–water partition coefficient (Wildman–Crippen LogP) is 4.46. The SMILES string of the molecule is CN/N=C1\CCC2C3CC=C4CC(OC(C)=O)CCC4(C)C3CCC12C. The van der Waals surface area contributed by atoms with Crippen LogP contribution in [-0.4, -0.2) is 24.8 Å². The normalized spacial score (nSPS) is 46.0. The molecule has 0 aromatic carbocycles. The lowest BCUT2D eigenvalue weighted by atomic mass is 9.48. The highest BCUT2D eigenvalue weighted by molar-refractivity contribution is 5.92. The second-order valence-corrected chi connectivity index (χ2v) is 9.51. The molecule has 6 unspecified atom stereocenters. The summed E-state index contributed by atoms with van der Waals surface area (Å²) in [6, 6.07) is 0. The van der Waals surface area contributed by atoms with Gasteiger partial charge in [0.2, 0.25) is 0 Å². The van der Waals surface area contributed by atoms with Crippen LogP contribution in [0.25, 0.3) is 0 Å². The van der Waals surface area contributed by atoms with Gasteiger partial charge in [0.05, 0.1) is 0 Å². The van der Waals surface area contributed by atoms with Crippen LogP contribution in [0, 0.1) is 28.6 Å². The highest BCUT2D eigenvalue weighted by Gasteiger charge is 2.58. The maximum Gasteiger partial charge on any atom is 0.302 e. The van der Waals surface area contributed by atoms with Gasteiger partial charge in [-0.25, -0.2) is 0 Å². The second-order valence-electron chi connectivity index (χ2n) is 9.51. The predicted molar refractivity (Wildman–Crippen MR) is 104 cm³/mol. The minimum atomic E-state index is -0.136. The van der Waals surface area contributed by atoms with Gasteiger partial charge < -0.3 is 10.2 Å². The second kappa shape index (κ2) is 6.38. The van der Waals surface area contributed by atoms with Gasteiger partial charge in [0, 0.05) is 31.5 Å². The number of fused-ring (bicyclic) bond motifs is 5. The summed E-state index contributed by atoms with van der Waals surface area (Å²) in [6.07, 6.45) is 12.0. The van der Waals surface area contributed by atoms with E-state index in [4.69, 9.17) is 4.74 Å². The van der Waals surface area contributed by atoms with E-state index in [0.29, 0.717) is 10.8 Å². The van der Waals surface area contributed by atoms with Crippen LogP contribution < -0.4 is 5.43 Å². The van der Waals surface area contributed by atoms with Crippen LogP contribution in [0.5, 0.6) is 0 Å². The van der Waals surface area contributed by atoms with Crippen LogP contribution in [0.2, 0.25) is 0 Å². The fraction of sp³-hybridized carbons (Fsp3) is 0.818. The third kappa shape index (κ3) is 2.63. The van der Waals surface area contributed by atoms with Crippen molar-refractivity contribution in [3.8, 4) is 0 Å². The van der Waals surface area contributed by atoms with Crippen LogP contribution in [0.15, 0.2) is 16.8 Å². The van der Waals surface area contributed by atoms with Gasteiger partial charge in [0.25, 0.3) is 0 Å². The Bertz CT molecular complexity index is 655. The number of hydrazone groups is 1. The lowest BCUT2D eigenvalue weighted by molar-refractivity contribution is -0.148. The Balaban J connectivity index is 1.59. The number of ether oxygens (including phenoxy) is 1. The Morgan fingerprint density at radius 1 is 1.19 bits per heavy atom. The van der Waals surface area contributed by atoms with E-state index >= 15 is 0 Å². The highest BCUT2D eigenvalue weighted by Crippen LogP contribution is 2.64. The van der Waals surface area contributed by atoms with Crippen molar-refractivity contribution in [2.45, 2.75) is 78.2 Å². The van der Waals surface area contributed by atoms with E-state index in [0.717, 1.165) is 37.0 Å². The third-order valence-electron chi connectivity index (χ3n) is 8.38. The zero-order chi connectivity index (χ0) is 18.5. The summed E-state index contributed by atoms with van der Waals surface area (Å²) in [5, 5.41) is 4.66. The van der Waals surface area contributed by atoms with Crippen molar-refractivity contribution >= 4 is 11.7 Å². The van der Waals surface area contributed by atoms with Crippen molar-refractivity contribution in [1.82, 2.24) is 5.43 Å². The fourth-order valence-corrected chi connectivity index (χ4v) is 7.07. The molecular weight excluding hydrogens is 324 g/mol. The van der Waals surface area contributed by atoms with Gasteiger partial charge in [-0.3, -0.25) is 4.79 Å². The number of rotatable bonds is 2. The molecule has 0 radical (unpaired) electrons. The standard InChI is InChI=1S/C22H34N2O2/c1-14(25)26-16-9-11-21(2)15(13-16)5-6-17-18-7-8-20(24-23-4)22(18,3)12-10-19(17)21/h5,16-19,23H,6-13H2,1-4H3/b24-20+. The van der Waals surface area contributed by atoms with Crippen LogP contribution in [0.1, 0.15) is 72.1 Å². The molecule has 0 heterocycles. The van der Waals surface area contributed by atoms with Gasteiger partial charge in [0.1, 0.15) is 6.10 Å². The molecule has 4 aliphatic rings. The molecule has 144 valence electrons. The van der Waals surface area contributed by atoms with E-state index in [2.05, 4.69) is 30.5 Å². The number of hydrogen-bond donors (Lipinski definition) is 1. The van der Waals surface area contributed by atoms with E-state index in [9.17, 15) is 4.79 Å². The molecule has 4 nitrogen and oxygen atoms in total. The fourth-order valence-electron chi connectivity index (χ4n) is 7.07. The lowest BCUT2D eigenvalue weighted by Crippen LogP contribution is -2.50. The summed E-state index contributed by atoms with van der Waals surface area (Å²) >= 11 is 0. The molecule has 0 bridgehead atoms. The van der Waals surface area contributed by atoms with Gasteiger partial charge in [-0.1, -0.05) is 25.5 Å². The molecule has 4 aliphatic carbocycles. The number of allylic oxidation sites excluding steroid dienone is 1. The molecule has 6 atom stereocenters. The number of carbonyl (C=O) groups excluding carboxylic acids is 1. The van der Waals surface area contributed by atoms with E-state index in [1.165, 1.54) is 44.7 Å². The van der Waals surface area contributed by atoms with Gasteiger partial charge in [-0.2, -0.15) is 5.10 Å². The summed E-state index contributed by atoms with van der Waals surface area (Å²) in [4.78, 5) is 11.4. The molecule has 3 saturated carbocycles. The minimum absolute atomic E-state index is 0.0954. The van der Waals surface area contributed by atoms with Crippen molar-refractivity contribution < 1.29 is 9.53 Å². The number of nitrogens with one attached hydrogen (secondary N) is 1. The Kier molecular flexibility index (Phi) is 4.44. The first-order chi connectivity index (χ1) is 12.4. The molecule has 4 heteroatoms. The van der Waals surface area contributed by atoms with E-state index in [-0.39, 0.29) is 12.1 Å². The highest BCUT2D eigenvalue weighted by atomic mass is 16.5. The molecule has 4 rings (SSSR count). The number of esters is 1. The van der Waals surface area contributed by atoms with Gasteiger partial charge in [0.15, 0.2) is 0 Å². The molecule has 1 N–H and O–H groups in total. The first-order valence-corrected chi connectivity index (χ1v) is 10.5. The number of hydrogen-bond acceptors (Lipinski definition) is 4. The third-order valence-corrected chi connectivity index (χ3v) is 8.38. The molecule has 0 saturated heterocycles. The molecule has 0 amide bonds. The van der Waals surface area contributed by atoms with Crippen molar-refractivity contribution in [3.63, 3.8) is 0 Å². The van der Waals surface area contributed by atoms with E-state index in [1.54, 1.807) is 5.57 Å². The average Bonchev–Trinajstić information content (AvgIpc) is 2.92. The summed E-state index contributed by atoms with van der Waals surface area (Å²) in [5.74, 6) is 2.21. The first kappa shape index (κ1) is 18.1. The molecule has 0 aliphatic heterocycles. The maximum atomic E-state index is 11.4. The smallest absolute Gasteiger partial charge is 0.302 e. The van der Waals surface area contributed by atoms with Crippen molar-refractivity contribution in [1.29, 1.82) is 0 Å². The van der Waals surface area contributed by atoms with Gasteiger partial charge in [-0.15, -0.1) is 0 Å². The van der Waals surface area contributed by atoms with Gasteiger partial charge in [-0.05, 0) is 68.1 Å². The van der Waals surface area contributed by atoms with Crippen LogP contribution >= 0.6 is 0 Å². The monoisotopic (exact) mass is 358 g/mol. The van der Waals surface area contributed by atoms with Crippen LogP contribution in [0.4, 0.5) is 0 Å². The Morgan fingerprint density at radius 2 is 1.92 bits per heavy atom. The Labute approximate surface area is 157 Å². The average molecular weight is 359 g/mol. The molecule has 0 spiro atoms. The Morgan fingerprint density at radius 3 is 2.65 bits per heavy atom. The van der Waals surface area contributed by atoms with Gasteiger partial charge >= 0.3 is 5.97 Å². The molecule has 3 fully saturated rings. The number of nitrogens with zero attached hydrogens (tertiary/aromatic N) is 1. The maximum absolute atomic E-state index is 11.4. The Hall–Kier alpha value is -1.32. The van der Waals surface area contributed by atoms with E-state index < -0.39 is 0 Å². The minimum Gasteiger partial charge on any atom is -0.462 e. The summed E-state index contributed by atoms with van der Waals surface area (Å²) in [7, 11) is 1.92. The molecule has 26 heavy (non-hydrogen) atoms. The van der Waals surface area contributed by atoms with Crippen LogP contribution in [-0.2, 0) is 9.53 Å². The van der Waals surface area contributed by atoms with Crippen molar-refractivity contribution in [3.05, 3.63) is 11.6 Å². The lowest BCUT2D eigenvalue weighted by Gasteiger charge is -2.57. The summed E-state index contributed by atoms with van der Waals surface area (Å²) in [6.45, 7) is 6.50. The quantitative estimate of drug-likeness (QED) is 0.450. The van der Waals surface area contributed by atoms with Crippen LogP contribution in [0.3, 0.4) is 0 Å². The first-order valence-electron chi connectivity index (χ1n) is 10.5. The largest absolute Gasteiger partial charge is 0.462 e. The van der Waals surface area contributed by atoms with Crippen molar-refractivity contribution in [2.24, 2.45) is 33.7 Å². The summed E-state index contributed by atoms with van der Waals surface area (Å²) < 4.78 is 5.55. The zero-order valence-electron chi connectivity index (χ0n) is 16.8.